The monoisotopic (exact) mass is 485 g/mol. The highest BCUT2D eigenvalue weighted by molar-refractivity contribution is 14.1. The Morgan fingerprint density at radius 1 is 0.750 bits per heavy atom. The summed E-state index contributed by atoms with van der Waals surface area (Å²) >= 11 is 4.64. The fraction of sp³-hybridized carbons (Fsp3) is 0. The third-order valence-corrected chi connectivity index (χ3v) is 5.77. The van der Waals surface area contributed by atoms with Crippen molar-refractivity contribution in [2.75, 3.05) is 0 Å². The summed E-state index contributed by atoms with van der Waals surface area (Å²) in [6, 6.07) is 11.7. The van der Waals surface area contributed by atoms with Gasteiger partial charge in [-0.05, 0) is 69.4 Å². The molecule has 0 unspecified atom stereocenters. The van der Waals surface area contributed by atoms with Crippen molar-refractivity contribution in [3.8, 4) is 22.6 Å². The van der Waals surface area contributed by atoms with E-state index in [1.807, 2.05) is 42.6 Å². The van der Waals surface area contributed by atoms with Crippen LogP contribution in [0.4, 0.5) is 0 Å². The van der Waals surface area contributed by atoms with Crippen LogP contribution in [-0.2, 0) is 0 Å². The molecule has 0 bridgehead atoms. The van der Waals surface area contributed by atoms with E-state index < -0.39 is 0 Å². The van der Waals surface area contributed by atoms with Crippen molar-refractivity contribution < 1.29 is 0 Å². The van der Waals surface area contributed by atoms with Gasteiger partial charge < -0.3 is 0 Å². The summed E-state index contributed by atoms with van der Waals surface area (Å²) in [7, 11) is 0. The first-order valence-electron chi connectivity index (χ1n) is 5.94. The van der Waals surface area contributed by atoms with Gasteiger partial charge in [-0.1, -0.05) is 12.1 Å². The molecule has 3 nitrogen and oxygen atoms in total. The van der Waals surface area contributed by atoms with Crippen molar-refractivity contribution in [1.82, 2.24) is 15.0 Å². The van der Waals surface area contributed by atoms with Crippen molar-refractivity contribution in [2.45, 2.75) is 0 Å². The highest BCUT2D eigenvalue weighted by Gasteiger charge is 2.16. The average molecular weight is 485 g/mol. The average Bonchev–Trinajstić information content (AvgIpc) is 2.51. The van der Waals surface area contributed by atoms with Crippen LogP contribution in [0.15, 0.2) is 55.0 Å². The van der Waals surface area contributed by atoms with E-state index in [1.165, 1.54) is 0 Å². The van der Waals surface area contributed by atoms with Gasteiger partial charge in [0.2, 0.25) is 0 Å². The van der Waals surface area contributed by atoms with Crippen LogP contribution >= 0.6 is 45.2 Å². The van der Waals surface area contributed by atoms with E-state index in [-0.39, 0.29) is 0 Å². The number of hydrogen-bond donors (Lipinski definition) is 0. The second-order valence-electron chi connectivity index (χ2n) is 4.07. The lowest BCUT2D eigenvalue weighted by atomic mass is 10.1. The Hall–Kier alpha value is -1.09. The number of hydrogen-bond acceptors (Lipinski definition) is 3. The Labute approximate surface area is 144 Å². The lowest BCUT2D eigenvalue weighted by Gasteiger charge is -2.11. The summed E-state index contributed by atoms with van der Waals surface area (Å²) in [5, 5.41) is 0. The second kappa shape index (κ2) is 6.13. The molecule has 0 spiro atoms. The first kappa shape index (κ1) is 13.9. The molecule has 3 aromatic heterocycles. The minimum absolute atomic E-state index is 0.863. The van der Waals surface area contributed by atoms with Crippen molar-refractivity contribution in [2.24, 2.45) is 0 Å². The van der Waals surface area contributed by atoms with Crippen molar-refractivity contribution >= 4 is 45.2 Å². The molecule has 5 heteroatoms. The maximum atomic E-state index is 4.57. The molecule has 0 aromatic carbocycles. The van der Waals surface area contributed by atoms with Gasteiger partial charge in [0, 0.05) is 31.3 Å². The molecule has 0 saturated carbocycles. The minimum Gasteiger partial charge on any atom is -0.256 e. The molecule has 0 aliphatic heterocycles. The Balaban J connectivity index is 2.29. The second-order valence-corrected chi connectivity index (χ2v) is 6.31. The van der Waals surface area contributed by atoms with Gasteiger partial charge in [0.25, 0.3) is 0 Å². The zero-order valence-electron chi connectivity index (χ0n) is 10.3. The quantitative estimate of drug-likeness (QED) is 0.505. The van der Waals surface area contributed by atoms with Gasteiger partial charge in [-0.25, -0.2) is 0 Å². The van der Waals surface area contributed by atoms with Crippen LogP contribution in [0.1, 0.15) is 0 Å². The molecule has 0 N–H and O–H groups in total. The van der Waals surface area contributed by atoms with Gasteiger partial charge in [0.1, 0.15) is 0 Å². The van der Waals surface area contributed by atoms with Gasteiger partial charge in [-0.3, -0.25) is 15.0 Å². The van der Waals surface area contributed by atoms with E-state index in [0.29, 0.717) is 0 Å². The fourth-order valence-electron chi connectivity index (χ4n) is 1.91. The zero-order chi connectivity index (χ0) is 13.9. The van der Waals surface area contributed by atoms with Gasteiger partial charge in [-0.15, -0.1) is 0 Å². The van der Waals surface area contributed by atoms with Gasteiger partial charge in [0.15, 0.2) is 0 Å². The molecule has 0 aliphatic rings. The number of aromatic nitrogens is 3. The van der Waals surface area contributed by atoms with Gasteiger partial charge >= 0.3 is 0 Å². The topological polar surface area (TPSA) is 38.7 Å². The van der Waals surface area contributed by atoms with Crippen LogP contribution in [0.2, 0.25) is 0 Å². The molecular weight excluding hydrogens is 476 g/mol. The number of pyridine rings is 3. The predicted molar refractivity (Wildman–Crippen MR) is 96.1 cm³/mol. The van der Waals surface area contributed by atoms with Crippen LogP contribution in [-0.4, -0.2) is 15.0 Å². The van der Waals surface area contributed by atoms with Crippen LogP contribution in [0.5, 0.6) is 0 Å². The standard InChI is InChI=1S/C15H9I2N3/c16-10-9-20-15(12-6-2-4-8-19-12)13(14(10)17)11-5-1-3-7-18-11/h1-9H. The van der Waals surface area contributed by atoms with Crippen molar-refractivity contribution in [1.29, 1.82) is 0 Å². The molecule has 98 valence electrons. The molecule has 3 heterocycles. The van der Waals surface area contributed by atoms with E-state index in [2.05, 4.69) is 60.1 Å². The highest BCUT2D eigenvalue weighted by Crippen LogP contribution is 2.34. The van der Waals surface area contributed by atoms with Crippen LogP contribution < -0.4 is 0 Å². The maximum absolute atomic E-state index is 4.57. The maximum Gasteiger partial charge on any atom is 0.0991 e. The van der Waals surface area contributed by atoms with E-state index in [4.69, 9.17) is 0 Å². The third kappa shape index (κ3) is 2.69. The molecule has 0 amide bonds. The number of nitrogens with zero attached hydrogens (tertiary/aromatic N) is 3. The molecule has 0 radical (unpaired) electrons. The van der Waals surface area contributed by atoms with Gasteiger partial charge in [0.05, 0.1) is 17.1 Å². The summed E-state index contributed by atoms with van der Waals surface area (Å²) in [5.74, 6) is 0. The molecular formula is C15H9I2N3. The molecule has 0 fully saturated rings. The van der Waals surface area contributed by atoms with E-state index in [0.717, 1.165) is 29.8 Å². The Bertz CT molecular complexity index is 731. The highest BCUT2D eigenvalue weighted by atomic mass is 127. The predicted octanol–water partition coefficient (Wildman–Crippen LogP) is 4.41. The Morgan fingerprint density at radius 3 is 2.00 bits per heavy atom. The lowest BCUT2D eigenvalue weighted by molar-refractivity contribution is 1.21. The molecule has 20 heavy (non-hydrogen) atoms. The minimum atomic E-state index is 0.863. The summed E-state index contributed by atoms with van der Waals surface area (Å²) < 4.78 is 2.26. The van der Waals surface area contributed by atoms with E-state index >= 15 is 0 Å². The third-order valence-electron chi connectivity index (χ3n) is 2.80. The normalized spacial score (nSPS) is 10.5. The fourth-order valence-corrected chi connectivity index (χ4v) is 2.99. The van der Waals surface area contributed by atoms with E-state index in [9.17, 15) is 0 Å². The SMILES string of the molecule is Ic1cnc(-c2ccccn2)c(-c2ccccn2)c1I. The molecule has 3 aromatic rings. The molecule has 0 atom stereocenters. The summed E-state index contributed by atoms with van der Waals surface area (Å²) in [6.45, 7) is 0. The summed E-state index contributed by atoms with van der Waals surface area (Å²) in [6.07, 6.45) is 5.45. The van der Waals surface area contributed by atoms with Crippen LogP contribution in [0, 0.1) is 7.14 Å². The van der Waals surface area contributed by atoms with E-state index in [1.54, 1.807) is 12.4 Å². The van der Waals surface area contributed by atoms with Crippen LogP contribution in [0.3, 0.4) is 0 Å². The Morgan fingerprint density at radius 2 is 1.40 bits per heavy atom. The van der Waals surface area contributed by atoms with Crippen molar-refractivity contribution in [3.63, 3.8) is 0 Å². The zero-order valence-corrected chi connectivity index (χ0v) is 14.6. The van der Waals surface area contributed by atoms with Crippen molar-refractivity contribution in [3.05, 3.63) is 62.1 Å². The number of rotatable bonds is 2. The van der Waals surface area contributed by atoms with Gasteiger partial charge in [-0.2, -0.15) is 0 Å². The Kier molecular flexibility index (Phi) is 4.25. The first-order valence-corrected chi connectivity index (χ1v) is 8.10. The molecule has 3 rings (SSSR count). The number of halogens is 2. The summed E-state index contributed by atoms with van der Waals surface area (Å²) in [4.78, 5) is 13.4. The largest absolute Gasteiger partial charge is 0.256 e. The summed E-state index contributed by atoms with van der Waals surface area (Å²) in [5.41, 5.74) is 3.69. The smallest absolute Gasteiger partial charge is 0.0991 e. The van der Waals surface area contributed by atoms with Crippen LogP contribution in [0.25, 0.3) is 22.6 Å². The lowest BCUT2D eigenvalue weighted by Crippen LogP contribution is -1.98. The molecule has 0 saturated heterocycles. The first-order chi connectivity index (χ1) is 9.77. The molecule has 0 aliphatic carbocycles.